The first-order valence-electron chi connectivity index (χ1n) is 8.19. The predicted octanol–water partition coefficient (Wildman–Crippen LogP) is 4.23. The monoisotopic (exact) mass is 363 g/mol. The summed E-state index contributed by atoms with van der Waals surface area (Å²) in [5.74, 6) is 2.25. The van der Waals surface area contributed by atoms with Crippen molar-refractivity contribution >= 4 is 11.8 Å². The summed E-state index contributed by atoms with van der Waals surface area (Å²) in [6, 6.07) is 14.0. The van der Waals surface area contributed by atoms with Crippen LogP contribution in [0.1, 0.15) is 17.0 Å². The van der Waals surface area contributed by atoms with Crippen LogP contribution in [-0.4, -0.2) is 24.9 Å². The largest absolute Gasteiger partial charge is 0.360 e. The van der Waals surface area contributed by atoms with E-state index in [1.165, 1.54) is 0 Å². The van der Waals surface area contributed by atoms with Gasteiger partial charge in [0, 0.05) is 24.0 Å². The van der Waals surface area contributed by atoms with Gasteiger partial charge < -0.3 is 4.52 Å². The van der Waals surface area contributed by atoms with E-state index in [0.29, 0.717) is 5.75 Å². The van der Waals surface area contributed by atoms with Crippen molar-refractivity contribution in [1.82, 2.24) is 24.9 Å². The Morgan fingerprint density at radius 3 is 2.58 bits per heavy atom. The summed E-state index contributed by atoms with van der Waals surface area (Å²) in [4.78, 5) is 4.09. The van der Waals surface area contributed by atoms with E-state index >= 15 is 0 Å². The van der Waals surface area contributed by atoms with Crippen molar-refractivity contribution < 1.29 is 4.52 Å². The molecule has 0 bridgehead atoms. The van der Waals surface area contributed by atoms with Crippen molar-refractivity contribution in [2.24, 2.45) is 0 Å². The van der Waals surface area contributed by atoms with E-state index < -0.39 is 0 Å². The fourth-order valence-electron chi connectivity index (χ4n) is 2.70. The lowest BCUT2D eigenvalue weighted by molar-refractivity contribution is 0.391. The Balaban J connectivity index is 1.77. The van der Waals surface area contributed by atoms with Crippen LogP contribution >= 0.6 is 11.8 Å². The van der Waals surface area contributed by atoms with Crippen LogP contribution in [0.2, 0.25) is 0 Å². The third kappa shape index (κ3) is 3.25. The minimum atomic E-state index is 0.640. The van der Waals surface area contributed by atoms with Gasteiger partial charge in [0.05, 0.1) is 17.1 Å². The highest BCUT2D eigenvalue weighted by molar-refractivity contribution is 7.98. The summed E-state index contributed by atoms with van der Waals surface area (Å²) in [7, 11) is 0. The SMILES string of the molecule is Cc1cc(CSc2nnc(-c3ccncc3)n2-c2ccccc2C)on1. The molecule has 0 radical (unpaired) electrons. The molecule has 4 rings (SSSR count). The molecule has 0 unspecified atom stereocenters. The highest BCUT2D eigenvalue weighted by Gasteiger charge is 2.18. The lowest BCUT2D eigenvalue weighted by Gasteiger charge is -2.12. The molecular formula is C19H17N5OS. The number of rotatable bonds is 5. The summed E-state index contributed by atoms with van der Waals surface area (Å²) in [5, 5.41) is 13.6. The molecule has 0 atom stereocenters. The van der Waals surface area contributed by atoms with Crippen molar-refractivity contribution in [1.29, 1.82) is 0 Å². The van der Waals surface area contributed by atoms with E-state index in [2.05, 4.69) is 44.0 Å². The van der Waals surface area contributed by atoms with Gasteiger partial charge in [-0.3, -0.25) is 9.55 Å². The van der Waals surface area contributed by atoms with Gasteiger partial charge >= 0.3 is 0 Å². The zero-order valence-corrected chi connectivity index (χ0v) is 15.3. The van der Waals surface area contributed by atoms with Gasteiger partial charge in [0.25, 0.3) is 0 Å². The zero-order valence-electron chi connectivity index (χ0n) is 14.5. The van der Waals surface area contributed by atoms with E-state index in [0.717, 1.165) is 39.2 Å². The lowest BCUT2D eigenvalue weighted by atomic mass is 10.2. The molecule has 1 aromatic carbocycles. The second kappa shape index (κ2) is 7.13. The topological polar surface area (TPSA) is 69.6 Å². The number of thioether (sulfide) groups is 1. The molecule has 0 saturated carbocycles. The molecule has 7 heteroatoms. The number of pyridine rings is 1. The van der Waals surface area contributed by atoms with Gasteiger partial charge in [-0.15, -0.1) is 10.2 Å². The number of para-hydroxylation sites is 1. The fraction of sp³-hybridized carbons (Fsp3) is 0.158. The van der Waals surface area contributed by atoms with E-state index in [9.17, 15) is 0 Å². The van der Waals surface area contributed by atoms with Gasteiger partial charge in [0.1, 0.15) is 5.76 Å². The summed E-state index contributed by atoms with van der Waals surface area (Å²) < 4.78 is 7.39. The standard InChI is InChI=1S/C19H17N5OS/c1-13-5-3-4-6-17(13)24-18(15-7-9-20-10-8-15)21-22-19(24)26-12-16-11-14(2)23-25-16/h3-11H,12H2,1-2H3. The molecule has 130 valence electrons. The molecule has 0 aliphatic heterocycles. The molecule has 26 heavy (non-hydrogen) atoms. The third-order valence-corrected chi connectivity index (χ3v) is 4.90. The van der Waals surface area contributed by atoms with Crippen LogP contribution in [0.4, 0.5) is 0 Å². The van der Waals surface area contributed by atoms with Gasteiger partial charge in [0.15, 0.2) is 11.0 Å². The van der Waals surface area contributed by atoms with Gasteiger partial charge in [-0.2, -0.15) is 0 Å². The van der Waals surface area contributed by atoms with Crippen LogP contribution in [-0.2, 0) is 5.75 Å². The molecule has 0 saturated heterocycles. The van der Waals surface area contributed by atoms with Crippen molar-refractivity contribution in [2.45, 2.75) is 24.8 Å². The van der Waals surface area contributed by atoms with Gasteiger partial charge in [-0.1, -0.05) is 35.1 Å². The van der Waals surface area contributed by atoms with Crippen LogP contribution in [0.3, 0.4) is 0 Å². The van der Waals surface area contributed by atoms with Crippen LogP contribution in [0.15, 0.2) is 64.5 Å². The van der Waals surface area contributed by atoms with Crippen LogP contribution in [0.5, 0.6) is 0 Å². The van der Waals surface area contributed by atoms with Crippen LogP contribution in [0, 0.1) is 13.8 Å². The average Bonchev–Trinajstić information content (AvgIpc) is 3.27. The Morgan fingerprint density at radius 1 is 1.04 bits per heavy atom. The van der Waals surface area contributed by atoms with Crippen molar-refractivity contribution in [3.8, 4) is 17.1 Å². The van der Waals surface area contributed by atoms with Crippen molar-refractivity contribution in [2.75, 3.05) is 0 Å². The molecular weight excluding hydrogens is 346 g/mol. The van der Waals surface area contributed by atoms with Crippen molar-refractivity contribution in [3.63, 3.8) is 0 Å². The number of aryl methyl sites for hydroxylation is 2. The van der Waals surface area contributed by atoms with E-state index in [4.69, 9.17) is 4.52 Å². The minimum Gasteiger partial charge on any atom is -0.360 e. The van der Waals surface area contributed by atoms with Gasteiger partial charge in [-0.25, -0.2) is 0 Å². The first kappa shape index (κ1) is 16.5. The number of hydrogen-bond acceptors (Lipinski definition) is 6. The minimum absolute atomic E-state index is 0.640. The summed E-state index contributed by atoms with van der Waals surface area (Å²) in [6.07, 6.45) is 3.52. The Bertz CT molecular complexity index is 1030. The molecule has 3 aromatic heterocycles. The third-order valence-electron chi connectivity index (χ3n) is 3.95. The van der Waals surface area contributed by atoms with Gasteiger partial charge in [-0.05, 0) is 37.6 Å². The molecule has 0 fully saturated rings. The summed E-state index contributed by atoms with van der Waals surface area (Å²) in [6.45, 7) is 3.99. The quantitative estimate of drug-likeness (QED) is 0.494. The summed E-state index contributed by atoms with van der Waals surface area (Å²) in [5.41, 5.74) is 4.05. The average molecular weight is 363 g/mol. The Hall–Kier alpha value is -2.93. The Labute approximate surface area is 155 Å². The van der Waals surface area contributed by atoms with Gasteiger partial charge in [0.2, 0.25) is 0 Å². The number of nitrogens with zero attached hydrogens (tertiary/aromatic N) is 5. The maximum Gasteiger partial charge on any atom is 0.196 e. The number of benzene rings is 1. The van der Waals surface area contributed by atoms with E-state index in [-0.39, 0.29) is 0 Å². The Kier molecular flexibility index (Phi) is 4.53. The predicted molar refractivity (Wildman–Crippen MR) is 100 cm³/mol. The fourth-order valence-corrected chi connectivity index (χ4v) is 3.52. The molecule has 6 nitrogen and oxygen atoms in total. The normalized spacial score (nSPS) is 11.0. The smallest absolute Gasteiger partial charge is 0.196 e. The molecule has 0 aliphatic carbocycles. The molecule has 4 aromatic rings. The summed E-state index contributed by atoms with van der Waals surface area (Å²) >= 11 is 1.57. The second-order valence-electron chi connectivity index (χ2n) is 5.89. The highest BCUT2D eigenvalue weighted by atomic mass is 32.2. The molecule has 0 N–H and O–H groups in total. The first-order valence-corrected chi connectivity index (χ1v) is 9.18. The Morgan fingerprint density at radius 2 is 1.85 bits per heavy atom. The zero-order chi connectivity index (χ0) is 17.9. The maximum atomic E-state index is 5.31. The molecule has 0 amide bonds. The van der Waals surface area contributed by atoms with Crippen molar-refractivity contribution in [3.05, 3.63) is 71.9 Å². The molecule has 0 aliphatic rings. The maximum absolute atomic E-state index is 5.31. The highest BCUT2D eigenvalue weighted by Crippen LogP contribution is 2.30. The van der Waals surface area contributed by atoms with Crippen LogP contribution in [0.25, 0.3) is 17.1 Å². The lowest BCUT2D eigenvalue weighted by Crippen LogP contribution is -2.02. The van der Waals surface area contributed by atoms with E-state index in [1.54, 1.807) is 24.2 Å². The second-order valence-corrected chi connectivity index (χ2v) is 6.83. The number of hydrogen-bond donors (Lipinski definition) is 0. The first-order chi connectivity index (χ1) is 12.7. The number of aromatic nitrogens is 5. The van der Waals surface area contributed by atoms with E-state index in [1.807, 2.05) is 37.3 Å². The molecule has 3 heterocycles. The van der Waals surface area contributed by atoms with Crippen LogP contribution < -0.4 is 0 Å². The molecule has 0 spiro atoms.